The molecule has 0 aliphatic rings. The molecular weight excluding hydrogens is 240 g/mol. The molecule has 0 aliphatic heterocycles. The zero-order valence-corrected chi connectivity index (χ0v) is 11.8. The van der Waals surface area contributed by atoms with Gasteiger partial charge in [0.15, 0.2) is 0 Å². The van der Waals surface area contributed by atoms with Gasteiger partial charge in [-0.3, -0.25) is 0 Å². The third kappa shape index (κ3) is 6.25. The van der Waals surface area contributed by atoms with Crippen LogP contribution in [-0.2, 0) is 6.42 Å². The van der Waals surface area contributed by atoms with Crippen LogP contribution in [0.25, 0.3) is 0 Å². The number of urea groups is 1. The second-order valence-corrected chi connectivity index (χ2v) is 4.75. The number of amides is 2. The molecule has 4 heteroatoms. The van der Waals surface area contributed by atoms with Crippen molar-refractivity contribution in [2.75, 3.05) is 13.2 Å². The molecule has 1 aromatic rings. The molecule has 0 heterocycles. The van der Waals surface area contributed by atoms with Crippen molar-refractivity contribution in [1.82, 2.24) is 10.6 Å². The third-order valence-electron chi connectivity index (χ3n) is 3.13. The summed E-state index contributed by atoms with van der Waals surface area (Å²) >= 11 is 0. The number of aryl methyl sites for hydroxylation is 1. The topological polar surface area (TPSA) is 61.4 Å². The van der Waals surface area contributed by atoms with Crippen molar-refractivity contribution in [3.63, 3.8) is 0 Å². The van der Waals surface area contributed by atoms with Gasteiger partial charge in [-0.2, -0.15) is 0 Å². The largest absolute Gasteiger partial charge is 0.396 e. The Bertz CT molecular complexity index is 376. The first kappa shape index (κ1) is 15.5. The van der Waals surface area contributed by atoms with E-state index in [1.54, 1.807) is 0 Å². The molecule has 0 aliphatic carbocycles. The number of aliphatic hydroxyl groups is 1. The van der Waals surface area contributed by atoms with Crippen LogP contribution in [0.3, 0.4) is 0 Å². The maximum atomic E-state index is 11.6. The van der Waals surface area contributed by atoms with Crippen LogP contribution in [0.2, 0.25) is 0 Å². The lowest BCUT2D eigenvalue weighted by atomic mass is 10.1. The maximum Gasteiger partial charge on any atom is 0.315 e. The molecule has 2 amide bonds. The summed E-state index contributed by atoms with van der Waals surface area (Å²) in [6.07, 6.45) is 2.25. The normalized spacial score (nSPS) is 11.9. The summed E-state index contributed by atoms with van der Waals surface area (Å²) < 4.78 is 0. The number of carbonyl (C=O) groups excluding carboxylic acids is 1. The Kier molecular flexibility index (Phi) is 6.97. The number of hydrogen-bond donors (Lipinski definition) is 3. The molecule has 1 unspecified atom stereocenters. The van der Waals surface area contributed by atoms with Gasteiger partial charge in [0.25, 0.3) is 0 Å². The van der Waals surface area contributed by atoms with Crippen molar-refractivity contribution in [3.8, 4) is 0 Å². The highest BCUT2D eigenvalue weighted by atomic mass is 16.3. The first-order valence-electron chi connectivity index (χ1n) is 6.86. The van der Waals surface area contributed by atoms with E-state index in [4.69, 9.17) is 5.11 Å². The smallest absolute Gasteiger partial charge is 0.315 e. The van der Waals surface area contributed by atoms with E-state index < -0.39 is 0 Å². The fourth-order valence-corrected chi connectivity index (χ4v) is 1.85. The fourth-order valence-electron chi connectivity index (χ4n) is 1.85. The van der Waals surface area contributed by atoms with Crippen molar-refractivity contribution in [2.45, 2.75) is 39.2 Å². The van der Waals surface area contributed by atoms with Crippen LogP contribution in [0.15, 0.2) is 24.3 Å². The first-order valence-corrected chi connectivity index (χ1v) is 6.86. The predicted octanol–water partition coefficient (Wildman–Crippen LogP) is 2.00. The van der Waals surface area contributed by atoms with Gasteiger partial charge < -0.3 is 15.7 Å². The van der Waals surface area contributed by atoms with Crippen molar-refractivity contribution in [1.29, 1.82) is 0 Å². The zero-order valence-electron chi connectivity index (χ0n) is 11.8. The molecule has 1 rings (SSSR count). The molecule has 4 nitrogen and oxygen atoms in total. The van der Waals surface area contributed by atoms with E-state index in [1.807, 2.05) is 6.92 Å². The van der Waals surface area contributed by atoms with E-state index in [-0.39, 0.29) is 18.7 Å². The third-order valence-corrected chi connectivity index (χ3v) is 3.13. The highest BCUT2D eigenvalue weighted by Crippen LogP contribution is 2.03. The molecule has 19 heavy (non-hydrogen) atoms. The summed E-state index contributed by atoms with van der Waals surface area (Å²) in [5, 5.41) is 14.5. The minimum absolute atomic E-state index is 0.0457. The summed E-state index contributed by atoms with van der Waals surface area (Å²) in [7, 11) is 0. The number of aliphatic hydroxyl groups excluding tert-OH is 1. The summed E-state index contributed by atoms with van der Waals surface area (Å²) in [6.45, 7) is 4.76. The summed E-state index contributed by atoms with van der Waals surface area (Å²) in [5.41, 5.74) is 2.46. The molecule has 106 valence electrons. The Labute approximate surface area is 115 Å². The average Bonchev–Trinajstić information content (AvgIpc) is 2.40. The molecule has 0 radical (unpaired) electrons. The Balaban J connectivity index is 2.24. The lowest BCUT2D eigenvalue weighted by Crippen LogP contribution is -2.42. The van der Waals surface area contributed by atoms with Gasteiger partial charge in [-0.15, -0.1) is 0 Å². The number of benzene rings is 1. The van der Waals surface area contributed by atoms with Crippen LogP contribution in [0, 0.1) is 6.92 Å². The predicted molar refractivity (Wildman–Crippen MR) is 77.2 cm³/mol. The SMILES string of the molecule is CCC(CCO)NC(=O)NCCc1ccc(C)cc1. The van der Waals surface area contributed by atoms with Crippen LogP contribution < -0.4 is 10.6 Å². The van der Waals surface area contributed by atoms with E-state index in [0.29, 0.717) is 13.0 Å². The minimum Gasteiger partial charge on any atom is -0.396 e. The van der Waals surface area contributed by atoms with Gasteiger partial charge in [-0.25, -0.2) is 4.79 Å². The van der Waals surface area contributed by atoms with Gasteiger partial charge in [-0.1, -0.05) is 36.8 Å². The molecule has 0 saturated heterocycles. The van der Waals surface area contributed by atoms with Gasteiger partial charge in [0.05, 0.1) is 0 Å². The van der Waals surface area contributed by atoms with Gasteiger partial charge in [0, 0.05) is 19.2 Å². The summed E-state index contributed by atoms with van der Waals surface area (Å²) in [5.74, 6) is 0. The lowest BCUT2D eigenvalue weighted by Gasteiger charge is -2.16. The Morgan fingerprint density at radius 2 is 2.00 bits per heavy atom. The Morgan fingerprint density at radius 3 is 2.58 bits per heavy atom. The number of nitrogens with one attached hydrogen (secondary N) is 2. The second-order valence-electron chi connectivity index (χ2n) is 4.75. The molecule has 0 fully saturated rings. The number of rotatable bonds is 7. The molecule has 0 saturated carbocycles. The standard InChI is InChI=1S/C15H24N2O2/c1-3-14(9-11-18)17-15(19)16-10-8-13-6-4-12(2)5-7-13/h4-7,14,18H,3,8-11H2,1-2H3,(H2,16,17,19). The summed E-state index contributed by atoms with van der Waals surface area (Å²) in [4.78, 5) is 11.6. The van der Waals surface area contributed by atoms with E-state index in [0.717, 1.165) is 12.8 Å². The maximum absolute atomic E-state index is 11.6. The van der Waals surface area contributed by atoms with Crippen molar-refractivity contribution in [2.24, 2.45) is 0 Å². The first-order chi connectivity index (χ1) is 9.15. The van der Waals surface area contributed by atoms with E-state index in [2.05, 4.69) is 41.8 Å². The molecule has 1 atom stereocenters. The highest BCUT2D eigenvalue weighted by molar-refractivity contribution is 5.74. The van der Waals surface area contributed by atoms with Gasteiger partial charge in [-0.05, 0) is 31.7 Å². The van der Waals surface area contributed by atoms with Gasteiger partial charge >= 0.3 is 6.03 Å². The molecular formula is C15H24N2O2. The number of carbonyl (C=O) groups is 1. The molecule has 0 spiro atoms. The van der Waals surface area contributed by atoms with Crippen LogP contribution in [0.5, 0.6) is 0 Å². The highest BCUT2D eigenvalue weighted by Gasteiger charge is 2.08. The van der Waals surface area contributed by atoms with Crippen LogP contribution >= 0.6 is 0 Å². The van der Waals surface area contributed by atoms with Crippen molar-refractivity contribution in [3.05, 3.63) is 35.4 Å². The quantitative estimate of drug-likeness (QED) is 0.705. The Morgan fingerprint density at radius 1 is 1.32 bits per heavy atom. The minimum atomic E-state index is -0.160. The monoisotopic (exact) mass is 264 g/mol. The van der Waals surface area contributed by atoms with Crippen LogP contribution in [0.1, 0.15) is 30.9 Å². The van der Waals surface area contributed by atoms with E-state index in [9.17, 15) is 4.79 Å². The van der Waals surface area contributed by atoms with Crippen molar-refractivity contribution >= 4 is 6.03 Å². The van der Waals surface area contributed by atoms with Crippen molar-refractivity contribution < 1.29 is 9.90 Å². The molecule has 1 aromatic carbocycles. The Hall–Kier alpha value is -1.55. The number of hydrogen-bond acceptors (Lipinski definition) is 2. The van der Waals surface area contributed by atoms with E-state index >= 15 is 0 Å². The van der Waals surface area contributed by atoms with Crippen LogP contribution in [-0.4, -0.2) is 30.3 Å². The lowest BCUT2D eigenvalue weighted by molar-refractivity contribution is 0.228. The van der Waals surface area contributed by atoms with Gasteiger partial charge in [0.1, 0.15) is 0 Å². The van der Waals surface area contributed by atoms with Gasteiger partial charge in [0.2, 0.25) is 0 Å². The second kappa shape index (κ2) is 8.53. The molecule has 0 aromatic heterocycles. The zero-order chi connectivity index (χ0) is 14.1. The summed E-state index contributed by atoms with van der Waals surface area (Å²) in [6, 6.07) is 8.19. The average molecular weight is 264 g/mol. The van der Waals surface area contributed by atoms with Crippen LogP contribution in [0.4, 0.5) is 4.79 Å². The fraction of sp³-hybridized carbons (Fsp3) is 0.533. The molecule has 0 bridgehead atoms. The molecule has 3 N–H and O–H groups in total. The van der Waals surface area contributed by atoms with E-state index in [1.165, 1.54) is 11.1 Å².